The summed E-state index contributed by atoms with van der Waals surface area (Å²) in [5.74, 6) is -0.741. The molecule has 0 unspecified atom stereocenters. The van der Waals surface area contributed by atoms with Crippen molar-refractivity contribution in [2.24, 2.45) is 0 Å². The fourth-order valence-electron chi connectivity index (χ4n) is 3.63. The highest BCUT2D eigenvalue weighted by atomic mass is 16.6. The van der Waals surface area contributed by atoms with Crippen LogP contribution in [0.4, 0.5) is 0 Å². The van der Waals surface area contributed by atoms with Crippen molar-refractivity contribution in [3.05, 3.63) is 12.2 Å². The van der Waals surface area contributed by atoms with Crippen LogP contribution in [0.2, 0.25) is 0 Å². The zero-order valence-electron chi connectivity index (χ0n) is 21.3. The average molecular weight is 453 g/mol. The van der Waals surface area contributed by atoms with Crippen molar-refractivity contribution in [1.29, 1.82) is 0 Å². The van der Waals surface area contributed by atoms with Crippen molar-refractivity contribution in [3.63, 3.8) is 0 Å². The number of hydrogen-bond donors (Lipinski definition) is 0. The Bertz CT molecular complexity index is 445. The third kappa shape index (κ3) is 24.9. The molecule has 0 aromatic rings. The minimum atomic E-state index is -0.448. The lowest BCUT2D eigenvalue weighted by Crippen LogP contribution is -2.16. The number of carbonyl (C=O) groups excluding carboxylic acids is 2. The van der Waals surface area contributed by atoms with E-state index < -0.39 is 5.97 Å². The Morgan fingerprint density at radius 1 is 0.531 bits per heavy atom. The number of esters is 2. The molecule has 32 heavy (non-hydrogen) atoms. The minimum Gasteiger partial charge on any atom is -0.463 e. The van der Waals surface area contributed by atoms with E-state index in [-0.39, 0.29) is 12.6 Å². The van der Waals surface area contributed by atoms with Crippen LogP contribution in [0.5, 0.6) is 0 Å². The van der Waals surface area contributed by atoms with Gasteiger partial charge in [0.05, 0.1) is 6.61 Å². The monoisotopic (exact) mass is 452 g/mol. The van der Waals surface area contributed by atoms with Crippen molar-refractivity contribution in [3.8, 4) is 0 Å². The fourth-order valence-corrected chi connectivity index (χ4v) is 3.63. The van der Waals surface area contributed by atoms with Gasteiger partial charge in [-0.15, -0.1) is 0 Å². The molecule has 0 saturated carbocycles. The second-order valence-electron chi connectivity index (χ2n) is 8.98. The molecular weight excluding hydrogens is 400 g/mol. The van der Waals surface area contributed by atoms with Crippen LogP contribution in [-0.2, 0) is 19.1 Å². The lowest BCUT2D eigenvalue weighted by molar-refractivity contribution is -0.158. The van der Waals surface area contributed by atoms with Gasteiger partial charge < -0.3 is 9.47 Å². The molecule has 0 fully saturated rings. The van der Waals surface area contributed by atoms with Crippen LogP contribution < -0.4 is 0 Å². The van der Waals surface area contributed by atoms with Gasteiger partial charge in [-0.1, -0.05) is 109 Å². The normalized spacial score (nSPS) is 11.2. The highest BCUT2D eigenvalue weighted by molar-refractivity contribution is 5.76. The van der Waals surface area contributed by atoms with Gasteiger partial charge in [-0.2, -0.15) is 0 Å². The molecule has 0 rings (SSSR count). The summed E-state index contributed by atoms with van der Waals surface area (Å²) in [5.41, 5.74) is 0. The molecule has 0 bridgehead atoms. The number of allylic oxidation sites excluding steroid dienone is 2. The summed E-state index contributed by atoms with van der Waals surface area (Å²) in [4.78, 5) is 23.0. The van der Waals surface area contributed by atoms with E-state index in [9.17, 15) is 9.59 Å². The second-order valence-corrected chi connectivity index (χ2v) is 8.98. The van der Waals surface area contributed by atoms with Crippen LogP contribution in [0.3, 0.4) is 0 Å². The standard InChI is InChI=1S/C28H52O4/c1-3-5-7-8-9-10-11-12-13-14-15-16-17-18-19-20-21-22-23-24-27(29)32-26-28(30)31-25-6-4-2/h12-13H,3-11,14-26H2,1-2H3. The molecule has 0 aliphatic heterocycles. The predicted molar refractivity (Wildman–Crippen MR) is 135 cm³/mol. The molecule has 0 aromatic carbocycles. The first kappa shape index (κ1) is 30.7. The maximum absolute atomic E-state index is 11.6. The molecule has 0 saturated heterocycles. The number of hydrogen-bond acceptors (Lipinski definition) is 4. The van der Waals surface area contributed by atoms with Gasteiger partial charge in [-0.25, -0.2) is 4.79 Å². The zero-order valence-corrected chi connectivity index (χ0v) is 21.3. The van der Waals surface area contributed by atoms with E-state index >= 15 is 0 Å². The summed E-state index contributed by atoms with van der Waals surface area (Å²) in [6.45, 7) is 4.46. The summed E-state index contributed by atoms with van der Waals surface area (Å²) in [6.07, 6.45) is 28.7. The molecule has 188 valence electrons. The van der Waals surface area contributed by atoms with Crippen LogP contribution in [0, 0.1) is 0 Å². The number of unbranched alkanes of at least 4 members (excludes halogenated alkanes) is 16. The largest absolute Gasteiger partial charge is 0.463 e. The summed E-state index contributed by atoms with van der Waals surface area (Å²) < 4.78 is 9.91. The SMILES string of the molecule is CCCCCCCCC=CCCCCCCCCCCCC(=O)OCC(=O)OCCCC. The summed E-state index contributed by atoms with van der Waals surface area (Å²) in [5, 5.41) is 0. The molecule has 4 heteroatoms. The molecule has 0 aromatic heterocycles. The maximum Gasteiger partial charge on any atom is 0.344 e. The topological polar surface area (TPSA) is 52.6 Å². The van der Waals surface area contributed by atoms with E-state index in [4.69, 9.17) is 9.47 Å². The Kier molecular flexibility index (Phi) is 24.9. The lowest BCUT2D eigenvalue weighted by atomic mass is 10.1. The van der Waals surface area contributed by atoms with Crippen molar-refractivity contribution < 1.29 is 19.1 Å². The second kappa shape index (κ2) is 25.9. The zero-order chi connectivity index (χ0) is 23.5. The molecule has 0 radical (unpaired) electrons. The molecule has 0 spiro atoms. The first-order valence-electron chi connectivity index (χ1n) is 13.7. The van der Waals surface area contributed by atoms with Crippen molar-refractivity contribution in [2.75, 3.05) is 13.2 Å². The fraction of sp³-hybridized carbons (Fsp3) is 0.857. The lowest BCUT2D eigenvalue weighted by Gasteiger charge is -2.06. The summed E-state index contributed by atoms with van der Waals surface area (Å²) in [6, 6.07) is 0. The van der Waals surface area contributed by atoms with E-state index in [0.717, 1.165) is 25.7 Å². The predicted octanol–water partition coefficient (Wildman–Crippen LogP) is 8.47. The van der Waals surface area contributed by atoms with E-state index in [2.05, 4.69) is 19.1 Å². The van der Waals surface area contributed by atoms with Crippen LogP contribution in [-0.4, -0.2) is 25.2 Å². The summed E-state index contributed by atoms with van der Waals surface area (Å²) in [7, 11) is 0. The van der Waals surface area contributed by atoms with Gasteiger partial charge in [0.2, 0.25) is 0 Å². The van der Waals surface area contributed by atoms with Crippen molar-refractivity contribution in [1.82, 2.24) is 0 Å². The smallest absolute Gasteiger partial charge is 0.344 e. The van der Waals surface area contributed by atoms with E-state index in [1.807, 2.05) is 6.92 Å². The van der Waals surface area contributed by atoms with Crippen LogP contribution in [0.25, 0.3) is 0 Å². The molecule has 4 nitrogen and oxygen atoms in total. The quantitative estimate of drug-likeness (QED) is 0.0837. The Hall–Kier alpha value is -1.32. The van der Waals surface area contributed by atoms with Crippen LogP contribution >= 0.6 is 0 Å². The number of carbonyl (C=O) groups is 2. The van der Waals surface area contributed by atoms with Crippen LogP contribution in [0.1, 0.15) is 142 Å². The third-order valence-electron chi connectivity index (χ3n) is 5.75. The third-order valence-corrected chi connectivity index (χ3v) is 5.75. The first-order chi connectivity index (χ1) is 15.7. The van der Waals surface area contributed by atoms with E-state index in [1.165, 1.54) is 96.3 Å². The maximum atomic E-state index is 11.6. The van der Waals surface area contributed by atoms with Gasteiger partial charge in [-0.3, -0.25) is 4.79 Å². The van der Waals surface area contributed by atoms with Crippen molar-refractivity contribution >= 4 is 11.9 Å². The Morgan fingerprint density at radius 2 is 1.00 bits per heavy atom. The van der Waals surface area contributed by atoms with Crippen molar-refractivity contribution in [2.45, 2.75) is 142 Å². The van der Waals surface area contributed by atoms with Gasteiger partial charge >= 0.3 is 11.9 Å². The van der Waals surface area contributed by atoms with Gasteiger partial charge in [0.15, 0.2) is 6.61 Å². The van der Waals surface area contributed by atoms with Gasteiger partial charge in [-0.05, 0) is 38.5 Å². The molecule has 0 heterocycles. The number of ether oxygens (including phenoxy) is 2. The van der Waals surface area contributed by atoms with E-state index in [0.29, 0.717) is 13.0 Å². The Labute approximate surface area is 198 Å². The van der Waals surface area contributed by atoms with Gasteiger partial charge in [0.1, 0.15) is 0 Å². The molecule has 0 atom stereocenters. The summed E-state index contributed by atoms with van der Waals surface area (Å²) >= 11 is 0. The molecular formula is C28H52O4. The van der Waals surface area contributed by atoms with E-state index in [1.54, 1.807) is 0 Å². The molecule has 0 amide bonds. The minimum absolute atomic E-state index is 0.253. The number of rotatable bonds is 24. The van der Waals surface area contributed by atoms with Crippen LogP contribution in [0.15, 0.2) is 12.2 Å². The highest BCUT2D eigenvalue weighted by Gasteiger charge is 2.08. The highest BCUT2D eigenvalue weighted by Crippen LogP contribution is 2.12. The average Bonchev–Trinajstić information content (AvgIpc) is 2.79. The Morgan fingerprint density at radius 3 is 1.53 bits per heavy atom. The van der Waals surface area contributed by atoms with Gasteiger partial charge in [0, 0.05) is 6.42 Å². The Balaban J connectivity index is 3.25. The molecule has 0 aliphatic rings. The first-order valence-corrected chi connectivity index (χ1v) is 13.7. The molecule has 0 N–H and O–H groups in total. The van der Waals surface area contributed by atoms with Gasteiger partial charge in [0.25, 0.3) is 0 Å². The molecule has 0 aliphatic carbocycles.